The molecule has 5 heteroatoms. The molecule has 0 spiro atoms. The van der Waals surface area contributed by atoms with Crippen LogP contribution in [0.15, 0.2) is 6.20 Å². The van der Waals surface area contributed by atoms with Crippen LogP contribution in [0.4, 0.5) is 0 Å². The van der Waals surface area contributed by atoms with E-state index in [1.807, 2.05) is 6.92 Å². The Kier molecular flexibility index (Phi) is 4.35. The van der Waals surface area contributed by atoms with Crippen LogP contribution >= 0.6 is 11.3 Å². The average Bonchev–Trinajstić information content (AvgIpc) is 2.81. The van der Waals surface area contributed by atoms with Crippen molar-refractivity contribution in [2.24, 2.45) is 5.92 Å². The number of carbonyl (C=O) groups is 1. The molecule has 2 heterocycles. The van der Waals surface area contributed by atoms with Gasteiger partial charge in [-0.1, -0.05) is 13.8 Å². The van der Waals surface area contributed by atoms with Crippen LogP contribution in [0.3, 0.4) is 0 Å². The summed E-state index contributed by atoms with van der Waals surface area (Å²) in [5.74, 6) is 0.298. The maximum Gasteiger partial charge on any atom is 0.265 e. The molecule has 0 radical (unpaired) electrons. The molecule has 1 N–H and O–H groups in total. The Morgan fingerprint density at radius 2 is 2.44 bits per heavy atom. The first-order valence-corrected chi connectivity index (χ1v) is 7.35. The predicted octanol–water partition coefficient (Wildman–Crippen LogP) is 1.94. The highest BCUT2D eigenvalue weighted by Gasteiger charge is 2.28. The summed E-state index contributed by atoms with van der Waals surface area (Å²) in [4.78, 5) is 19.0. The second-order valence-electron chi connectivity index (χ2n) is 4.95. The molecule has 100 valence electrons. The van der Waals surface area contributed by atoms with Crippen molar-refractivity contribution in [3.05, 3.63) is 16.1 Å². The van der Waals surface area contributed by atoms with E-state index in [2.05, 4.69) is 11.9 Å². The van der Waals surface area contributed by atoms with Crippen LogP contribution in [0.25, 0.3) is 0 Å². The number of β-amino-alcohol motifs (C(OH)–C–C–N with tert-alkyl or cyclic N) is 1. The number of aromatic nitrogens is 1. The van der Waals surface area contributed by atoms with Gasteiger partial charge in [0.2, 0.25) is 0 Å². The lowest BCUT2D eigenvalue weighted by molar-refractivity contribution is 0.0251. The highest BCUT2D eigenvalue weighted by Crippen LogP contribution is 2.21. The van der Waals surface area contributed by atoms with Gasteiger partial charge in [0.05, 0.1) is 17.3 Å². The largest absolute Gasteiger partial charge is 0.391 e. The fourth-order valence-electron chi connectivity index (χ4n) is 2.13. The summed E-state index contributed by atoms with van der Waals surface area (Å²) >= 11 is 1.48. The van der Waals surface area contributed by atoms with Gasteiger partial charge in [-0.15, -0.1) is 11.3 Å². The lowest BCUT2D eigenvalue weighted by atomic mass is 9.96. The van der Waals surface area contributed by atoms with Crippen LogP contribution in [0, 0.1) is 5.92 Å². The van der Waals surface area contributed by atoms with Gasteiger partial charge in [-0.2, -0.15) is 0 Å². The van der Waals surface area contributed by atoms with Crippen LogP contribution in [0.5, 0.6) is 0 Å². The van der Waals surface area contributed by atoms with Crippen molar-refractivity contribution in [2.75, 3.05) is 13.1 Å². The van der Waals surface area contributed by atoms with E-state index in [4.69, 9.17) is 0 Å². The standard InChI is InChI=1S/C13H20N2O2S/c1-3-4-12-14-7-11(18-12)13(17)15-6-5-9(2)10(16)8-15/h7,9-10,16H,3-6,8H2,1-2H3. The Morgan fingerprint density at radius 1 is 1.67 bits per heavy atom. The van der Waals surface area contributed by atoms with E-state index in [0.29, 0.717) is 11.4 Å². The molecule has 1 aliphatic heterocycles. The molecule has 0 aromatic carbocycles. The maximum atomic E-state index is 12.3. The minimum absolute atomic E-state index is 0.0146. The van der Waals surface area contributed by atoms with Crippen LogP contribution in [-0.2, 0) is 6.42 Å². The van der Waals surface area contributed by atoms with Crippen molar-refractivity contribution in [2.45, 2.75) is 39.2 Å². The number of carbonyl (C=O) groups excluding carboxylic acids is 1. The Morgan fingerprint density at radius 3 is 3.11 bits per heavy atom. The summed E-state index contributed by atoms with van der Waals surface area (Å²) in [5, 5.41) is 10.8. The zero-order valence-electron chi connectivity index (χ0n) is 10.9. The molecule has 1 aliphatic rings. The van der Waals surface area contributed by atoms with Crippen molar-refractivity contribution >= 4 is 17.2 Å². The zero-order chi connectivity index (χ0) is 13.1. The summed E-state index contributed by atoms with van der Waals surface area (Å²) in [6.45, 7) is 5.31. The summed E-state index contributed by atoms with van der Waals surface area (Å²) in [6, 6.07) is 0. The van der Waals surface area contributed by atoms with Crippen molar-refractivity contribution in [3.63, 3.8) is 0 Å². The second-order valence-corrected chi connectivity index (χ2v) is 6.07. The van der Waals surface area contributed by atoms with E-state index in [1.165, 1.54) is 11.3 Å². The van der Waals surface area contributed by atoms with Crippen molar-refractivity contribution in [1.82, 2.24) is 9.88 Å². The van der Waals surface area contributed by atoms with E-state index in [-0.39, 0.29) is 11.8 Å². The number of aliphatic hydroxyl groups excluding tert-OH is 1. The van der Waals surface area contributed by atoms with Crippen molar-refractivity contribution in [1.29, 1.82) is 0 Å². The quantitative estimate of drug-likeness (QED) is 0.911. The van der Waals surface area contributed by atoms with Crippen LogP contribution < -0.4 is 0 Å². The van der Waals surface area contributed by atoms with Gasteiger partial charge in [0.25, 0.3) is 5.91 Å². The van der Waals surface area contributed by atoms with Gasteiger partial charge in [-0.05, 0) is 25.2 Å². The number of thiazole rings is 1. The first kappa shape index (κ1) is 13.5. The molecule has 0 saturated carbocycles. The molecule has 4 nitrogen and oxygen atoms in total. The van der Waals surface area contributed by atoms with Crippen molar-refractivity contribution in [3.8, 4) is 0 Å². The van der Waals surface area contributed by atoms with E-state index < -0.39 is 6.10 Å². The number of amides is 1. The number of piperidine rings is 1. The molecule has 1 aromatic heterocycles. The number of hydrogen-bond acceptors (Lipinski definition) is 4. The lowest BCUT2D eigenvalue weighted by Gasteiger charge is -2.33. The molecule has 2 unspecified atom stereocenters. The number of rotatable bonds is 3. The van der Waals surface area contributed by atoms with Gasteiger partial charge in [0.15, 0.2) is 0 Å². The topological polar surface area (TPSA) is 53.4 Å². The molecule has 2 atom stereocenters. The lowest BCUT2D eigenvalue weighted by Crippen LogP contribution is -2.45. The van der Waals surface area contributed by atoms with E-state index in [9.17, 15) is 9.90 Å². The van der Waals surface area contributed by atoms with Gasteiger partial charge in [-0.3, -0.25) is 4.79 Å². The third-order valence-electron chi connectivity index (χ3n) is 3.43. The summed E-state index contributed by atoms with van der Waals surface area (Å²) in [5.41, 5.74) is 0. The molecule has 1 saturated heterocycles. The Labute approximate surface area is 112 Å². The first-order valence-electron chi connectivity index (χ1n) is 6.53. The monoisotopic (exact) mass is 268 g/mol. The molecule has 2 rings (SSSR count). The van der Waals surface area contributed by atoms with E-state index in [0.717, 1.165) is 30.8 Å². The molecule has 1 amide bonds. The Balaban J connectivity index is 2.02. The number of nitrogens with zero attached hydrogens (tertiary/aromatic N) is 2. The number of aryl methyl sites for hydroxylation is 1. The third kappa shape index (κ3) is 2.90. The highest BCUT2D eigenvalue weighted by atomic mass is 32.1. The Bertz CT molecular complexity index is 419. The van der Waals surface area contributed by atoms with Crippen LogP contribution in [0.1, 0.15) is 41.4 Å². The predicted molar refractivity (Wildman–Crippen MR) is 71.8 cm³/mol. The first-order chi connectivity index (χ1) is 8.61. The van der Waals surface area contributed by atoms with Gasteiger partial charge in [-0.25, -0.2) is 4.98 Å². The molecule has 1 fully saturated rings. The van der Waals surface area contributed by atoms with Crippen LogP contribution in [-0.4, -0.2) is 40.1 Å². The molecule has 0 aliphatic carbocycles. The van der Waals surface area contributed by atoms with Crippen LogP contribution in [0.2, 0.25) is 0 Å². The van der Waals surface area contributed by atoms with E-state index >= 15 is 0 Å². The van der Waals surface area contributed by atoms with Gasteiger partial charge in [0, 0.05) is 13.1 Å². The maximum absolute atomic E-state index is 12.3. The number of aliphatic hydroxyl groups is 1. The average molecular weight is 268 g/mol. The van der Waals surface area contributed by atoms with E-state index in [1.54, 1.807) is 11.1 Å². The molecule has 0 bridgehead atoms. The second kappa shape index (κ2) is 5.80. The zero-order valence-corrected chi connectivity index (χ0v) is 11.7. The van der Waals surface area contributed by atoms with Gasteiger partial charge in [0.1, 0.15) is 4.88 Å². The fourth-order valence-corrected chi connectivity index (χ4v) is 3.12. The summed E-state index contributed by atoms with van der Waals surface area (Å²) < 4.78 is 0. The van der Waals surface area contributed by atoms with Gasteiger partial charge >= 0.3 is 0 Å². The normalized spacial score (nSPS) is 24.3. The van der Waals surface area contributed by atoms with Crippen molar-refractivity contribution < 1.29 is 9.90 Å². The summed E-state index contributed by atoms with van der Waals surface area (Å²) in [6.07, 6.45) is 4.11. The third-order valence-corrected chi connectivity index (χ3v) is 4.48. The Hall–Kier alpha value is -0.940. The number of hydrogen-bond donors (Lipinski definition) is 1. The molecular weight excluding hydrogens is 248 g/mol. The molecular formula is C13H20N2O2S. The number of likely N-dealkylation sites (tertiary alicyclic amines) is 1. The molecule has 1 aromatic rings. The smallest absolute Gasteiger partial charge is 0.265 e. The fraction of sp³-hybridized carbons (Fsp3) is 0.692. The molecule has 18 heavy (non-hydrogen) atoms. The highest BCUT2D eigenvalue weighted by molar-refractivity contribution is 7.13. The SMILES string of the molecule is CCCc1ncc(C(=O)N2CCC(C)C(O)C2)s1. The minimum Gasteiger partial charge on any atom is -0.391 e. The minimum atomic E-state index is -0.397. The van der Waals surface area contributed by atoms with Gasteiger partial charge < -0.3 is 10.0 Å². The summed E-state index contributed by atoms with van der Waals surface area (Å²) in [7, 11) is 0.